The van der Waals surface area contributed by atoms with E-state index in [2.05, 4.69) is 20.2 Å². The Kier molecular flexibility index (Phi) is 3.20. The van der Waals surface area contributed by atoms with Gasteiger partial charge >= 0.3 is 0 Å². The van der Waals surface area contributed by atoms with Crippen LogP contribution in [0, 0.1) is 0 Å². The molecule has 3 aromatic rings. The van der Waals surface area contributed by atoms with Crippen LogP contribution in [0.1, 0.15) is 18.0 Å². The van der Waals surface area contributed by atoms with Gasteiger partial charge in [0.15, 0.2) is 10.7 Å². The maximum absolute atomic E-state index is 12.6. The van der Waals surface area contributed by atoms with Crippen molar-refractivity contribution in [2.24, 2.45) is 7.05 Å². The first kappa shape index (κ1) is 14.3. The quantitative estimate of drug-likeness (QED) is 0.767. The normalized spacial score (nSPS) is 19.6. The summed E-state index contributed by atoms with van der Waals surface area (Å²) in [5.74, 6) is 0.0858. The second-order valence-electron chi connectivity index (χ2n) is 5.74. The Bertz CT molecular complexity index is 960. The molecule has 1 saturated heterocycles. The molecule has 1 atom stereocenters. The number of hydrogen-bond acceptors (Lipinski definition) is 5. The number of aromatic nitrogens is 5. The highest BCUT2D eigenvalue weighted by Crippen LogP contribution is 2.32. The number of pyridine rings is 1. The highest BCUT2D eigenvalue weighted by Gasteiger charge is 2.35. The van der Waals surface area contributed by atoms with Gasteiger partial charge in [-0.05, 0) is 18.6 Å². The van der Waals surface area contributed by atoms with Crippen LogP contribution in [0.15, 0.2) is 35.9 Å². The monoisotopic (exact) mass is 332 g/mol. The van der Waals surface area contributed by atoms with Gasteiger partial charge in [0, 0.05) is 49.5 Å². The molecule has 0 amide bonds. The van der Waals surface area contributed by atoms with E-state index in [-0.39, 0.29) is 10.9 Å². The molecule has 1 aliphatic rings. The standard InChI is InChI=1S/C14H16N6O2S/c1-19-8-12(16-9-19)23(21,22)20-6-4-10(7-20)13-11-3-2-5-15-14(11)18-17-13/h2-3,5,8-10H,4,6-7H2,1H3,(H,15,17,18). The lowest BCUT2D eigenvalue weighted by Gasteiger charge is -2.14. The van der Waals surface area contributed by atoms with Crippen molar-refractivity contribution >= 4 is 21.1 Å². The number of rotatable bonds is 3. The van der Waals surface area contributed by atoms with Crippen LogP contribution >= 0.6 is 0 Å². The molecular formula is C14H16N6O2S. The zero-order valence-corrected chi connectivity index (χ0v) is 13.4. The molecule has 120 valence electrons. The van der Waals surface area contributed by atoms with Crippen molar-refractivity contribution in [3.8, 4) is 0 Å². The van der Waals surface area contributed by atoms with E-state index in [1.165, 1.54) is 16.8 Å². The molecule has 9 heteroatoms. The fourth-order valence-corrected chi connectivity index (χ4v) is 4.48. The van der Waals surface area contributed by atoms with Crippen LogP contribution in [0.25, 0.3) is 11.0 Å². The summed E-state index contributed by atoms with van der Waals surface area (Å²) < 4.78 is 28.4. The van der Waals surface area contributed by atoms with Crippen LogP contribution in [0.4, 0.5) is 0 Å². The number of sulfonamides is 1. The predicted molar refractivity (Wildman–Crippen MR) is 83.2 cm³/mol. The van der Waals surface area contributed by atoms with E-state index in [0.717, 1.165) is 17.5 Å². The van der Waals surface area contributed by atoms with Gasteiger partial charge in [-0.2, -0.15) is 9.40 Å². The largest absolute Gasteiger partial charge is 0.339 e. The number of fused-ring (bicyclic) bond motifs is 1. The van der Waals surface area contributed by atoms with Crippen LogP contribution in [0.3, 0.4) is 0 Å². The first-order valence-electron chi connectivity index (χ1n) is 7.33. The fourth-order valence-electron chi connectivity index (χ4n) is 3.02. The van der Waals surface area contributed by atoms with Crippen LogP contribution in [-0.4, -0.2) is 50.5 Å². The molecule has 0 spiro atoms. The molecule has 0 saturated carbocycles. The van der Waals surface area contributed by atoms with Crippen molar-refractivity contribution in [2.75, 3.05) is 13.1 Å². The van der Waals surface area contributed by atoms with Crippen molar-refractivity contribution in [1.29, 1.82) is 0 Å². The van der Waals surface area contributed by atoms with Gasteiger partial charge in [0.05, 0.1) is 6.33 Å². The molecule has 0 bridgehead atoms. The molecule has 1 aliphatic heterocycles. The lowest BCUT2D eigenvalue weighted by Crippen LogP contribution is -2.29. The van der Waals surface area contributed by atoms with Gasteiger partial charge in [0.25, 0.3) is 10.0 Å². The Hall–Kier alpha value is -2.26. The summed E-state index contributed by atoms with van der Waals surface area (Å²) in [5, 5.41) is 8.26. The molecule has 1 fully saturated rings. The zero-order chi connectivity index (χ0) is 16.0. The number of aromatic amines is 1. The molecular weight excluding hydrogens is 316 g/mol. The highest BCUT2D eigenvalue weighted by molar-refractivity contribution is 7.89. The van der Waals surface area contributed by atoms with Gasteiger partial charge in [-0.1, -0.05) is 0 Å². The third-order valence-corrected chi connectivity index (χ3v) is 5.95. The van der Waals surface area contributed by atoms with Crippen LogP contribution in [-0.2, 0) is 17.1 Å². The molecule has 1 unspecified atom stereocenters. The van der Waals surface area contributed by atoms with Crippen LogP contribution < -0.4 is 0 Å². The van der Waals surface area contributed by atoms with Crippen molar-refractivity contribution in [3.63, 3.8) is 0 Å². The SMILES string of the molecule is Cn1cnc(S(=O)(=O)N2CCC(c3[nH]nc4ncccc34)C2)c1. The summed E-state index contributed by atoms with van der Waals surface area (Å²) in [6.45, 7) is 0.898. The number of aryl methyl sites for hydroxylation is 1. The van der Waals surface area contributed by atoms with Crippen molar-refractivity contribution < 1.29 is 8.42 Å². The van der Waals surface area contributed by atoms with Gasteiger partial charge in [0.1, 0.15) is 0 Å². The minimum Gasteiger partial charge on any atom is -0.339 e. The predicted octanol–water partition coefficient (Wildman–Crippen LogP) is 0.870. The highest BCUT2D eigenvalue weighted by atomic mass is 32.2. The molecule has 1 N–H and O–H groups in total. The molecule has 4 rings (SSSR count). The molecule has 0 radical (unpaired) electrons. The van der Waals surface area contributed by atoms with Crippen molar-refractivity contribution in [1.82, 2.24) is 29.0 Å². The Morgan fingerprint density at radius 2 is 2.22 bits per heavy atom. The zero-order valence-electron chi connectivity index (χ0n) is 12.5. The number of nitrogens with zero attached hydrogens (tertiary/aromatic N) is 5. The van der Waals surface area contributed by atoms with Gasteiger partial charge in [-0.25, -0.2) is 18.4 Å². The van der Waals surface area contributed by atoms with E-state index in [1.54, 1.807) is 17.8 Å². The number of H-pyrrole nitrogens is 1. The average molecular weight is 332 g/mol. The third-order valence-electron chi connectivity index (χ3n) is 4.20. The molecule has 4 heterocycles. The average Bonchev–Trinajstić information content (AvgIpc) is 3.25. The molecule has 23 heavy (non-hydrogen) atoms. The number of hydrogen-bond donors (Lipinski definition) is 1. The Morgan fingerprint density at radius 1 is 1.35 bits per heavy atom. The lowest BCUT2D eigenvalue weighted by molar-refractivity contribution is 0.469. The smallest absolute Gasteiger partial charge is 0.262 e. The third kappa shape index (κ3) is 2.32. The summed E-state index contributed by atoms with van der Waals surface area (Å²) in [6, 6.07) is 3.82. The summed E-state index contributed by atoms with van der Waals surface area (Å²) >= 11 is 0. The van der Waals surface area contributed by atoms with Gasteiger partial charge in [-0.3, -0.25) is 5.10 Å². The van der Waals surface area contributed by atoms with Crippen molar-refractivity contribution in [2.45, 2.75) is 17.4 Å². The fraction of sp³-hybridized carbons (Fsp3) is 0.357. The van der Waals surface area contributed by atoms with E-state index in [0.29, 0.717) is 18.7 Å². The molecule has 0 aromatic carbocycles. The van der Waals surface area contributed by atoms with E-state index >= 15 is 0 Å². The van der Waals surface area contributed by atoms with Gasteiger partial charge in [0.2, 0.25) is 0 Å². The topological polar surface area (TPSA) is 96.8 Å². The molecule has 3 aromatic heterocycles. The number of imidazole rings is 1. The second kappa shape index (κ2) is 5.14. The van der Waals surface area contributed by atoms with Crippen molar-refractivity contribution in [3.05, 3.63) is 36.5 Å². The summed E-state index contributed by atoms with van der Waals surface area (Å²) in [7, 11) is -1.79. The first-order valence-corrected chi connectivity index (χ1v) is 8.77. The molecule has 8 nitrogen and oxygen atoms in total. The Morgan fingerprint density at radius 3 is 3.00 bits per heavy atom. The second-order valence-corrected chi connectivity index (χ2v) is 7.62. The van der Waals surface area contributed by atoms with Crippen LogP contribution in [0.5, 0.6) is 0 Å². The van der Waals surface area contributed by atoms with E-state index in [4.69, 9.17) is 0 Å². The maximum Gasteiger partial charge on any atom is 0.262 e. The summed E-state index contributed by atoms with van der Waals surface area (Å²) in [5.41, 5.74) is 1.61. The van der Waals surface area contributed by atoms with Gasteiger partial charge in [-0.15, -0.1) is 0 Å². The van der Waals surface area contributed by atoms with Gasteiger partial charge < -0.3 is 4.57 Å². The lowest BCUT2D eigenvalue weighted by atomic mass is 10.0. The summed E-state index contributed by atoms with van der Waals surface area (Å²) in [6.07, 6.45) is 5.46. The number of nitrogens with one attached hydrogen (secondary N) is 1. The van der Waals surface area contributed by atoms with E-state index in [9.17, 15) is 8.42 Å². The Labute approximate surface area is 133 Å². The first-order chi connectivity index (χ1) is 11.1. The van der Waals surface area contributed by atoms with Crippen LogP contribution in [0.2, 0.25) is 0 Å². The minimum absolute atomic E-state index is 0.0858. The maximum atomic E-state index is 12.6. The van der Waals surface area contributed by atoms with E-state index < -0.39 is 10.0 Å². The minimum atomic E-state index is -3.54. The summed E-state index contributed by atoms with van der Waals surface area (Å²) in [4.78, 5) is 8.18. The van der Waals surface area contributed by atoms with E-state index in [1.807, 2.05) is 12.1 Å². The molecule has 0 aliphatic carbocycles. The Balaban J connectivity index is 1.62.